The number of nitrogens with zero attached hydrogens (tertiary/aromatic N) is 3. The summed E-state index contributed by atoms with van der Waals surface area (Å²) in [4.78, 5) is 14.4. The molecular formula is C17H16ClN3O6S. The standard InChI is InChI=1S/C17H16ClN3O6S/c18-13-9-12(17(22)16(10-13)21(23)24)11-19-14-1-3-15(4-2-14)28(25,26)20-5-7-27-8-6-20/h1-4,9-11,22H,5-8H2. The molecule has 1 fully saturated rings. The topological polar surface area (TPSA) is 122 Å². The number of benzene rings is 2. The van der Waals surface area contributed by atoms with Gasteiger partial charge in [-0.1, -0.05) is 11.6 Å². The summed E-state index contributed by atoms with van der Waals surface area (Å²) in [6.45, 7) is 1.32. The van der Waals surface area contributed by atoms with Crippen molar-refractivity contribution in [1.29, 1.82) is 0 Å². The molecule has 148 valence electrons. The number of nitro benzene ring substituents is 1. The van der Waals surface area contributed by atoms with Gasteiger partial charge in [-0.05, 0) is 30.3 Å². The summed E-state index contributed by atoms with van der Waals surface area (Å²) in [5, 5.41) is 21.0. The molecule has 9 nitrogen and oxygen atoms in total. The minimum atomic E-state index is -3.60. The number of aliphatic imine (C=N–C) groups is 1. The zero-order valence-corrected chi connectivity index (χ0v) is 16.1. The van der Waals surface area contributed by atoms with Crippen LogP contribution in [0.3, 0.4) is 0 Å². The second kappa shape index (κ2) is 8.23. The summed E-state index contributed by atoms with van der Waals surface area (Å²) >= 11 is 5.84. The summed E-state index contributed by atoms with van der Waals surface area (Å²) in [6, 6.07) is 8.24. The molecule has 2 aromatic carbocycles. The van der Waals surface area contributed by atoms with Crippen molar-refractivity contribution in [1.82, 2.24) is 4.31 Å². The number of aromatic hydroxyl groups is 1. The quantitative estimate of drug-likeness (QED) is 0.446. The molecule has 11 heteroatoms. The molecule has 1 aliphatic heterocycles. The molecule has 3 rings (SSSR count). The summed E-state index contributed by atoms with van der Waals surface area (Å²) in [6.07, 6.45) is 1.22. The van der Waals surface area contributed by atoms with Crippen molar-refractivity contribution >= 4 is 39.2 Å². The third-order valence-electron chi connectivity index (χ3n) is 4.08. The molecule has 0 unspecified atom stereocenters. The van der Waals surface area contributed by atoms with Gasteiger partial charge in [-0.3, -0.25) is 15.1 Å². The summed E-state index contributed by atoms with van der Waals surface area (Å²) < 4.78 is 31.7. The van der Waals surface area contributed by atoms with Gasteiger partial charge in [-0.15, -0.1) is 0 Å². The van der Waals surface area contributed by atoms with Crippen LogP contribution in [-0.4, -0.2) is 55.3 Å². The van der Waals surface area contributed by atoms with Crippen molar-refractivity contribution < 1.29 is 23.2 Å². The number of hydrogen-bond donors (Lipinski definition) is 1. The van der Waals surface area contributed by atoms with Gasteiger partial charge in [0.2, 0.25) is 15.8 Å². The maximum atomic E-state index is 12.6. The van der Waals surface area contributed by atoms with Crippen LogP contribution in [-0.2, 0) is 14.8 Å². The monoisotopic (exact) mass is 425 g/mol. The van der Waals surface area contributed by atoms with Crippen molar-refractivity contribution in [3.05, 3.63) is 57.1 Å². The molecule has 1 aliphatic rings. The van der Waals surface area contributed by atoms with E-state index in [0.717, 1.165) is 6.07 Å². The van der Waals surface area contributed by atoms with Gasteiger partial charge in [-0.25, -0.2) is 8.42 Å². The van der Waals surface area contributed by atoms with Gasteiger partial charge < -0.3 is 9.84 Å². The lowest BCUT2D eigenvalue weighted by Gasteiger charge is -2.26. The second-order valence-electron chi connectivity index (χ2n) is 5.89. The van der Waals surface area contributed by atoms with E-state index < -0.39 is 26.4 Å². The summed E-state index contributed by atoms with van der Waals surface area (Å²) in [5.74, 6) is -0.551. The van der Waals surface area contributed by atoms with Crippen molar-refractivity contribution in [2.24, 2.45) is 4.99 Å². The first-order chi connectivity index (χ1) is 13.3. The van der Waals surface area contributed by atoms with Gasteiger partial charge in [-0.2, -0.15) is 4.31 Å². The van der Waals surface area contributed by atoms with Crippen LogP contribution in [0.15, 0.2) is 46.3 Å². The smallest absolute Gasteiger partial charge is 0.312 e. The number of hydrogen-bond acceptors (Lipinski definition) is 7. The Bertz CT molecular complexity index is 1020. The van der Waals surface area contributed by atoms with Gasteiger partial charge in [0, 0.05) is 36.0 Å². The van der Waals surface area contributed by atoms with Crippen LogP contribution in [0.2, 0.25) is 5.02 Å². The molecule has 0 amide bonds. The number of phenols is 1. The highest BCUT2D eigenvalue weighted by atomic mass is 35.5. The van der Waals surface area contributed by atoms with Crippen molar-refractivity contribution in [2.45, 2.75) is 4.90 Å². The number of sulfonamides is 1. The third kappa shape index (κ3) is 4.30. The molecule has 1 saturated heterocycles. The fourth-order valence-corrected chi connectivity index (χ4v) is 4.26. The zero-order valence-electron chi connectivity index (χ0n) is 14.5. The van der Waals surface area contributed by atoms with Gasteiger partial charge in [0.15, 0.2) is 0 Å². The number of phenolic OH excluding ortho intramolecular Hbond substituents is 1. The van der Waals surface area contributed by atoms with Crippen LogP contribution in [0.5, 0.6) is 5.75 Å². The average molecular weight is 426 g/mol. The predicted octanol–water partition coefficient (Wildman–Crippen LogP) is 2.73. The highest BCUT2D eigenvalue weighted by molar-refractivity contribution is 7.89. The molecule has 0 saturated carbocycles. The molecule has 1 N–H and O–H groups in total. The fraction of sp³-hybridized carbons (Fsp3) is 0.235. The number of ether oxygens (including phenoxy) is 1. The van der Waals surface area contributed by atoms with Crippen LogP contribution in [0.25, 0.3) is 0 Å². The first kappa shape index (κ1) is 20.2. The number of rotatable bonds is 5. The third-order valence-corrected chi connectivity index (χ3v) is 6.21. The van der Waals surface area contributed by atoms with E-state index in [1.54, 1.807) is 0 Å². The van der Waals surface area contributed by atoms with E-state index in [4.69, 9.17) is 16.3 Å². The van der Waals surface area contributed by atoms with E-state index in [9.17, 15) is 23.6 Å². The maximum absolute atomic E-state index is 12.6. The van der Waals surface area contributed by atoms with Crippen molar-refractivity contribution in [3.63, 3.8) is 0 Å². The SMILES string of the molecule is O=[N+]([O-])c1cc(Cl)cc(C=Nc2ccc(S(=O)(=O)N3CCOCC3)cc2)c1O. The first-order valence-corrected chi connectivity index (χ1v) is 10.00. The maximum Gasteiger partial charge on any atom is 0.312 e. The highest BCUT2D eigenvalue weighted by Gasteiger charge is 2.26. The van der Waals surface area contributed by atoms with Crippen LogP contribution in [0.4, 0.5) is 11.4 Å². The molecule has 0 spiro atoms. The highest BCUT2D eigenvalue weighted by Crippen LogP contribution is 2.32. The van der Waals surface area contributed by atoms with E-state index in [-0.39, 0.29) is 15.5 Å². The van der Waals surface area contributed by atoms with E-state index in [2.05, 4.69) is 4.99 Å². The van der Waals surface area contributed by atoms with Gasteiger partial charge in [0.25, 0.3) is 0 Å². The van der Waals surface area contributed by atoms with Gasteiger partial charge in [0.1, 0.15) is 0 Å². The van der Waals surface area contributed by atoms with Gasteiger partial charge in [0.05, 0.1) is 28.7 Å². The lowest BCUT2D eigenvalue weighted by molar-refractivity contribution is -0.385. The molecule has 0 aromatic heterocycles. The molecule has 28 heavy (non-hydrogen) atoms. The first-order valence-electron chi connectivity index (χ1n) is 8.18. The van der Waals surface area contributed by atoms with Crippen LogP contribution in [0.1, 0.15) is 5.56 Å². The Labute approximate surface area is 166 Å². The molecular weight excluding hydrogens is 410 g/mol. The number of halogens is 1. The predicted molar refractivity (Wildman–Crippen MR) is 103 cm³/mol. The van der Waals surface area contributed by atoms with Crippen molar-refractivity contribution in [2.75, 3.05) is 26.3 Å². The normalized spacial score (nSPS) is 15.8. The van der Waals surface area contributed by atoms with Gasteiger partial charge >= 0.3 is 5.69 Å². The largest absolute Gasteiger partial charge is 0.502 e. The van der Waals surface area contributed by atoms with Crippen LogP contribution >= 0.6 is 11.6 Å². The molecule has 1 heterocycles. The Balaban J connectivity index is 1.82. The summed E-state index contributed by atoms with van der Waals surface area (Å²) in [5.41, 5.74) is -0.0481. The summed E-state index contributed by atoms with van der Waals surface area (Å²) in [7, 11) is -3.60. The molecule has 0 aliphatic carbocycles. The second-order valence-corrected chi connectivity index (χ2v) is 8.26. The van der Waals surface area contributed by atoms with E-state index in [1.165, 1.54) is 40.9 Å². The van der Waals surface area contributed by atoms with Crippen LogP contribution in [0, 0.1) is 10.1 Å². The molecule has 2 aromatic rings. The number of morpholine rings is 1. The Morgan fingerprint density at radius 1 is 1.21 bits per heavy atom. The molecule has 0 bridgehead atoms. The Hall–Kier alpha value is -2.53. The lowest BCUT2D eigenvalue weighted by Crippen LogP contribution is -2.40. The van der Waals surface area contributed by atoms with E-state index >= 15 is 0 Å². The Morgan fingerprint density at radius 3 is 2.46 bits per heavy atom. The minimum Gasteiger partial charge on any atom is -0.502 e. The van der Waals surface area contributed by atoms with E-state index in [0.29, 0.717) is 32.0 Å². The Morgan fingerprint density at radius 2 is 1.86 bits per heavy atom. The van der Waals surface area contributed by atoms with Crippen LogP contribution < -0.4 is 0 Å². The number of nitro groups is 1. The molecule has 0 atom stereocenters. The minimum absolute atomic E-state index is 0.0733. The lowest BCUT2D eigenvalue weighted by atomic mass is 10.2. The van der Waals surface area contributed by atoms with E-state index in [1.807, 2.05) is 0 Å². The zero-order chi connectivity index (χ0) is 20.3. The Kier molecular flexibility index (Phi) is 5.94. The van der Waals surface area contributed by atoms with Crippen molar-refractivity contribution in [3.8, 4) is 5.75 Å². The average Bonchev–Trinajstić information content (AvgIpc) is 2.69. The molecule has 0 radical (unpaired) electrons. The fourth-order valence-electron chi connectivity index (χ4n) is 2.63.